The molecule has 7 heteroatoms. The van der Waals surface area contributed by atoms with Crippen LogP contribution in [0.1, 0.15) is 11.5 Å². The average molecular weight is 316 g/mol. The lowest BCUT2D eigenvalue weighted by molar-refractivity contribution is 0.167. The van der Waals surface area contributed by atoms with Crippen LogP contribution in [-0.2, 0) is 13.1 Å². The van der Waals surface area contributed by atoms with Crippen molar-refractivity contribution in [2.45, 2.75) is 13.1 Å². The van der Waals surface area contributed by atoms with Gasteiger partial charge in [-0.2, -0.15) is 16.3 Å². The quantitative estimate of drug-likeness (QED) is 0.720. The first-order valence-corrected chi connectivity index (χ1v) is 7.86. The summed E-state index contributed by atoms with van der Waals surface area (Å²) in [5.74, 6) is 1.14. The lowest BCUT2D eigenvalue weighted by Gasteiger charge is -2.18. The number of pyridine rings is 1. The summed E-state index contributed by atoms with van der Waals surface area (Å²) in [7, 11) is 0. The number of aliphatic hydroxyl groups is 1. The monoisotopic (exact) mass is 316 g/mol. The molecule has 6 nitrogen and oxygen atoms in total. The first kappa shape index (κ1) is 14.8. The van der Waals surface area contributed by atoms with Crippen LogP contribution in [0.4, 0.5) is 0 Å². The Hall–Kier alpha value is -2.09. The third-order valence-corrected chi connectivity index (χ3v) is 3.83. The van der Waals surface area contributed by atoms with E-state index in [-0.39, 0.29) is 6.61 Å². The second-order valence-corrected chi connectivity index (χ2v) is 5.60. The Morgan fingerprint density at radius 2 is 2.23 bits per heavy atom. The van der Waals surface area contributed by atoms with Crippen molar-refractivity contribution in [3.8, 4) is 11.4 Å². The van der Waals surface area contributed by atoms with Gasteiger partial charge in [-0.1, -0.05) is 11.2 Å². The molecule has 0 aliphatic carbocycles. The Balaban J connectivity index is 1.68. The van der Waals surface area contributed by atoms with Crippen LogP contribution in [0.3, 0.4) is 0 Å². The Morgan fingerprint density at radius 3 is 2.95 bits per heavy atom. The number of rotatable bonds is 7. The van der Waals surface area contributed by atoms with Gasteiger partial charge in [0.15, 0.2) is 0 Å². The van der Waals surface area contributed by atoms with E-state index in [1.807, 2.05) is 40.1 Å². The van der Waals surface area contributed by atoms with Gasteiger partial charge in [-0.25, -0.2) is 0 Å². The predicted molar refractivity (Wildman–Crippen MR) is 83.0 cm³/mol. The minimum Gasteiger partial charge on any atom is -0.395 e. The Kier molecular flexibility index (Phi) is 4.89. The van der Waals surface area contributed by atoms with Crippen molar-refractivity contribution in [3.05, 3.63) is 52.8 Å². The summed E-state index contributed by atoms with van der Waals surface area (Å²) in [6.45, 7) is 1.77. The molecular formula is C15H16N4O2S. The van der Waals surface area contributed by atoms with Gasteiger partial charge in [0.1, 0.15) is 0 Å². The molecule has 3 aromatic heterocycles. The maximum atomic E-state index is 9.23. The molecule has 0 fully saturated rings. The van der Waals surface area contributed by atoms with Crippen molar-refractivity contribution in [2.24, 2.45) is 0 Å². The normalized spacial score (nSPS) is 11.2. The zero-order chi connectivity index (χ0) is 15.2. The van der Waals surface area contributed by atoms with Gasteiger partial charge in [0.2, 0.25) is 11.7 Å². The molecular weight excluding hydrogens is 300 g/mol. The average Bonchev–Trinajstić information content (AvgIpc) is 3.19. The van der Waals surface area contributed by atoms with Gasteiger partial charge < -0.3 is 9.63 Å². The molecule has 0 aliphatic rings. The second-order valence-electron chi connectivity index (χ2n) is 4.82. The predicted octanol–water partition coefficient (Wildman–Crippen LogP) is 2.19. The van der Waals surface area contributed by atoms with Crippen molar-refractivity contribution in [1.29, 1.82) is 0 Å². The van der Waals surface area contributed by atoms with Gasteiger partial charge in [0.25, 0.3) is 0 Å². The maximum absolute atomic E-state index is 9.23. The van der Waals surface area contributed by atoms with Crippen molar-refractivity contribution in [1.82, 2.24) is 20.0 Å². The summed E-state index contributed by atoms with van der Waals surface area (Å²) in [6, 6.07) is 5.86. The highest BCUT2D eigenvalue weighted by atomic mass is 32.1. The molecule has 0 unspecified atom stereocenters. The van der Waals surface area contributed by atoms with E-state index in [0.29, 0.717) is 31.3 Å². The summed E-state index contributed by atoms with van der Waals surface area (Å²) in [5, 5.41) is 17.2. The van der Waals surface area contributed by atoms with Crippen LogP contribution in [0.15, 0.2) is 45.9 Å². The topological polar surface area (TPSA) is 75.3 Å². The zero-order valence-electron chi connectivity index (χ0n) is 11.9. The van der Waals surface area contributed by atoms with Gasteiger partial charge >= 0.3 is 0 Å². The second kappa shape index (κ2) is 7.26. The van der Waals surface area contributed by atoms with Gasteiger partial charge in [0, 0.05) is 36.4 Å². The van der Waals surface area contributed by atoms with E-state index in [2.05, 4.69) is 15.1 Å². The summed E-state index contributed by atoms with van der Waals surface area (Å²) < 4.78 is 5.31. The molecule has 0 aromatic carbocycles. The van der Waals surface area contributed by atoms with Crippen LogP contribution >= 0.6 is 11.3 Å². The van der Waals surface area contributed by atoms with Crippen molar-refractivity contribution < 1.29 is 9.63 Å². The molecule has 114 valence electrons. The van der Waals surface area contributed by atoms with Crippen LogP contribution in [0.2, 0.25) is 0 Å². The Labute approximate surface area is 132 Å². The molecule has 22 heavy (non-hydrogen) atoms. The van der Waals surface area contributed by atoms with Crippen LogP contribution < -0.4 is 0 Å². The first-order valence-electron chi connectivity index (χ1n) is 6.92. The number of aliphatic hydroxyl groups excluding tert-OH is 1. The summed E-state index contributed by atoms with van der Waals surface area (Å²) in [4.78, 5) is 10.6. The molecule has 0 radical (unpaired) electrons. The van der Waals surface area contributed by atoms with Gasteiger partial charge in [-0.3, -0.25) is 9.88 Å². The Morgan fingerprint density at radius 1 is 1.27 bits per heavy atom. The highest BCUT2D eigenvalue weighted by Crippen LogP contribution is 2.19. The maximum Gasteiger partial charge on any atom is 0.241 e. The van der Waals surface area contributed by atoms with Crippen LogP contribution in [0.25, 0.3) is 11.4 Å². The molecule has 0 atom stereocenters. The number of hydrogen-bond donors (Lipinski definition) is 1. The van der Waals surface area contributed by atoms with Gasteiger partial charge in [-0.05, 0) is 23.1 Å². The SMILES string of the molecule is OCCN(Cc1cccnc1)Cc1nc(-c2ccsc2)no1. The van der Waals surface area contributed by atoms with Gasteiger partial charge in [0.05, 0.1) is 13.2 Å². The van der Waals surface area contributed by atoms with E-state index in [0.717, 1.165) is 11.1 Å². The largest absolute Gasteiger partial charge is 0.395 e. The smallest absolute Gasteiger partial charge is 0.241 e. The van der Waals surface area contributed by atoms with E-state index in [9.17, 15) is 5.11 Å². The summed E-state index contributed by atoms with van der Waals surface area (Å²) in [6.07, 6.45) is 3.56. The third-order valence-electron chi connectivity index (χ3n) is 3.15. The third kappa shape index (κ3) is 3.76. The molecule has 3 aromatic rings. The van der Waals surface area contributed by atoms with Crippen LogP contribution in [0, 0.1) is 0 Å². The van der Waals surface area contributed by atoms with E-state index < -0.39 is 0 Å². The summed E-state index contributed by atoms with van der Waals surface area (Å²) in [5.41, 5.74) is 2.04. The standard InChI is InChI=1S/C15H16N4O2S/c20-6-5-19(9-12-2-1-4-16-8-12)10-14-17-15(18-21-14)13-3-7-22-11-13/h1-4,7-8,11,20H,5-6,9-10H2. The van der Waals surface area contributed by atoms with E-state index >= 15 is 0 Å². The fourth-order valence-corrected chi connectivity index (χ4v) is 2.76. The van der Waals surface area contributed by atoms with Crippen molar-refractivity contribution in [2.75, 3.05) is 13.2 Å². The lowest BCUT2D eigenvalue weighted by Crippen LogP contribution is -2.26. The fraction of sp³-hybridized carbons (Fsp3) is 0.267. The first-order chi connectivity index (χ1) is 10.8. The van der Waals surface area contributed by atoms with E-state index in [1.165, 1.54) is 0 Å². The number of hydrogen-bond acceptors (Lipinski definition) is 7. The molecule has 0 spiro atoms. The van der Waals surface area contributed by atoms with Gasteiger partial charge in [-0.15, -0.1) is 0 Å². The lowest BCUT2D eigenvalue weighted by atomic mass is 10.2. The number of aromatic nitrogens is 3. The van der Waals surface area contributed by atoms with E-state index in [1.54, 1.807) is 17.5 Å². The molecule has 0 saturated carbocycles. The molecule has 1 N–H and O–H groups in total. The molecule has 0 amide bonds. The summed E-state index contributed by atoms with van der Waals surface area (Å²) >= 11 is 1.60. The zero-order valence-corrected chi connectivity index (χ0v) is 12.7. The number of thiophene rings is 1. The number of nitrogens with zero attached hydrogens (tertiary/aromatic N) is 4. The highest BCUT2D eigenvalue weighted by Gasteiger charge is 2.13. The molecule has 0 aliphatic heterocycles. The van der Waals surface area contributed by atoms with E-state index in [4.69, 9.17) is 4.52 Å². The molecule has 0 bridgehead atoms. The van der Waals surface area contributed by atoms with Crippen LogP contribution in [0.5, 0.6) is 0 Å². The molecule has 3 rings (SSSR count). The highest BCUT2D eigenvalue weighted by molar-refractivity contribution is 7.08. The fourth-order valence-electron chi connectivity index (χ4n) is 2.12. The van der Waals surface area contributed by atoms with Crippen LogP contribution in [-0.4, -0.2) is 38.3 Å². The van der Waals surface area contributed by atoms with Crippen molar-refractivity contribution in [3.63, 3.8) is 0 Å². The minimum atomic E-state index is 0.0752. The molecule has 0 saturated heterocycles. The van der Waals surface area contributed by atoms with Crippen molar-refractivity contribution >= 4 is 11.3 Å². The minimum absolute atomic E-state index is 0.0752. The Bertz CT molecular complexity index is 685. The molecule has 3 heterocycles.